The maximum absolute atomic E-state index is 11.0. The van der Waals surface area contributed by atoms with Gasteiger partial charge >= 0.3 is 5.97 Å². The van der Waals surface area contributed by atoms with Gasteiger partial charge in [-0.15, -0.1) is 0 Å². The van der Waals surface area contributed by atoms with Crippen LogP contribution >= 0.6 is 0 Å². The minimum Gasteiger partial charge on any atom is -0.478 e. The van der Waals surface area contributed by atoms with Crippen LogP contribution in [0.15, 0.2) is 18.2 Å². The van der Waals surface area contributed by atoms with Gasteiger partial charge in [0, 0.05) is 6.42 Å². The van der Waals surface area contributed by atoms with Gasteiger partial charge in [-0.3, -0.25) is 0 Å². The predicted molar refractivity (Wildman–Crippen MR) is 73.9 cm³/mol. The van der Waals surface area contributed by atoms with Crippen molar-refractivity contribution in [2.45, 2.75) is 25.8 Å². The third-order valence-corrected chi connectivity index (χ3v) is 3.51. The van der Waals surface area contributed by atoms with Crippen LogP contribution in [0.2, 0.25) is 0 Å². The molecule has 2 aromatic rings. The van der Waals surface area contributed by atoms with Gasteiger partial charge in [0.25, 0.3) is 0 Å². The van der Waals surface area contributed by atoms with Gasteiger partial charge in [-0.25, -0.2) is 9.78 Å². The Bertz CT molecular complexity index is 644. The van der Waals surface area contributed by atoms with Crippen LogP contribution in [0.25, 0.3) is 11.0 Å². The number of hydrogen-bond acceptors (Lipinski definition) is 4. The fourth-order valence-corrected chi connectivity index (χ4v) is 2.29. The molecule has 6 nitrogen and oxygen atoms in total. The summed E-state index contributed by atoms with van der Waals surface area (Å²) in [5.41, 5.74) is 0.553. The molecular formula is C14H18N2O4. The molecule has 1 aromatic carbocycles. The maximum Gasteiger partial charge on any atom is 0.335 e. The normalized spacial score (nSPS) is 12.0. The van der Waals surface area contributed by atoms with Gasteiger partial charge in [0.15, 0.2) is 0 Å². The number of hydrogen-bond donors (Lipinski definition) is 3. The van der Waals surface area contributed by atoms with Crippen LogP contribution in [-0.2, 0) is 12.0 Å². The Morgan fingerprint density at radius 1 is 1.35 bits per heavy atom. The lowest BCUT2D eigenvalue weighted by Gasteiger charge is -2.29. The van der Waals surface area contributed by atoms with Crippen molar-refractivity contribution in [1.82, 2.24) is 9.55 Å². The third-order valence-electron chi connectivity index (χ3n) is 3.51. The summed E-state index contributed by atoms with van der Waals surface area (Å²) < 4.78 is 1.79. The van der Waals surface area contributed by atoms with Crippen LogP contribution in [0.5, 0.6) is 0 Å². The molecule has 108 valence electrons. The van der Waals surface area contributed by atoms with Gasteiger partial charge in [-0.1, -0.05) is 6.92 Å². The number of benzene rings is 1. The van der Waals surface area contributed by atoms with E-state index in [-0.39, 0.29) is 18.8 Å². The zero-order valence-corrected chi connectivity index (χ0v) is 11.5. The molecule has 1 aromatic heterocycles. The molecular weight excluding hydrogens is 260 g/mol. The lowest BCUT2D eigenvalue weighted by Crippen LogP contribution is -2.39. The number of aliphatic hydroxyl groups excluding tert-OH is 2. The highest BCUT2D eigenvalue weighted by atomic mass is 16.4. The average Bonchev–Trinajstić information content (AvgIpc) is 2.84. The zero-order valence-electron chi connectivity index (χ0n) is 11.5. The summed E-state index contributed by atoms with van der Waals surface area (Å²) in [4.78, 5) is 15.4. The van der Waals surface area contributed by atoms with Gasteiger partial charge in [0.1, 0.15) is 5.82 Å². The Hall–Kier alpha value is -1.92. The number of carbonyl (C=O) groups is 1. The van der Waals surface area contributed by atoms with E-state index in [1.54, 1.807) is 17.6 Å². The molecule has 0 amide bonds. The average molecular weight is 278 g/mol. The number of aromatic nitrogens is 2. The van der Waals surface area contributed by atoms with Crippen LogP contribution in [0.3, 0.4) is 0 Å². The van der Waals surface area contributed by atoms with E-state index < -0.39 is 11.5 Å². The highest BCUT2D eigenvalue weighted by Crippen LogP contribution is 2.26. The fraction of sp³-hybridized carbons (Fsp3) is 0.429. The molecule has 3 N–H and O–H groups in total. The van der Waals surface area contributed by atoms with E-state index in [4.69, 9.17) is 5.11 Å². The third kappa shape index (κ3) is 2.17. The first-order chi connectivity index (χ1) is 9.46. The van der Waals surface area contributed by atoms with Crippen molar-refractivity contribution in [2.24, 2.45) is 0 Å². The number of aliphatic hydroxyl groups is 2. The second-order valence-corrected chi connectivity index (χ2v) is 5.04. The number of rotatable bonds is 5. The Kier molecular flexibility index (Phi) is 3.78. The van der Waals surface area contributed by atoms with Crippen molar-refractivity contribution in [1.29, 1.82) is 0 Å². The van der Waals surface area contributed by atoms with E-state index in [0.29, 0.717) is 23.3 Å². The van der Waals surface area contributed by atoms with Gasteiger partial charge in [0.05, 0.1) is 35.3 Å². The summed E-state index contributed by atoms with van der Waals surface area (Å²) in [5.74, 6) is -0.306. The topological polar surface area (TPSA) is 95.6 Å². The number of carboxylic acid groups (broad SMARTS) is 1. The second kappa shape index (κ2) is 5.22. The quantitative estimate of drug-likeness (QED) is 0.758. The Morgan fingerprint density at radius 2 is 2.00 bits per heavy atom. The van der Waals surface area contributed by atoms with E-state index in [1.807, 2.05) is 6.92 Å². The molecule has 0 bridgehead atoms. The molecule has 0 aliphatic heterocycles. The molecule has 20 heavy (non-hydrogen) atoms. The standard InChI is InChI=1S/C14H18N2O4/c1-3-12-15-10-6-9(13(19)20)4-5-11(10)16(12)14(2,7-17)8-18/h4-6,17-18H,3,7-8H2,1-2H3,(H,19,20). The van der Waals surface area contributed by atoms with Crippen molar-refractivity contribution in [3.63, 3.8) is 0 Å². The summed E-state index contributed by atoms with van der Waals surface area (Å²) in [6.45, 7) is 3.19. The van der Waals surface area contributed by atoms with E-state index in [9.17, 15) is 15.0 Å². The van der Waals surface area contributed by atoms with Crippen LogP contribution in [0.1, 0.15) is 30.0 Å². The summed E-state index contributed by atoms with van der Waals surface area (Å²) in [7, 11) is 0. The molecule has 6 heteroatoms. The number of nitrogens with zero attached hydrogens (tertiary/aromatic N) is 2. The molecule has 0 aliphatic carbocycles. The summed E-state index contributed by atoms with van der Waals surface area (Å²) in [5, 5.41) is 28.2. The van der Waals surface area contributed by atoms with E-state index in [2.05, 4.69) is 4.98 Å². The molecule has 0 aliphatic rings. The molecule has 1 heterocycles. The Labute approximate surface area is 116 Å². The number of aryl methyl sites for hydroxylation is 1. The van der Waals surface area contributed by atoms with E-state index in [0.717, 1.165) is 0 Å². The predicted octanol–water partition coefficient (Wildman–Crippen LogP) is 0.997. The lowest BCUT2D eigenvalue weighted by molar-refractivity contribution is 0.0696. The van der Waals surface area contributed by atoms with Gasteiger partial charge < -0.3 is 19.9 Å². The molecule has 0 radical (unpaired) electrons. The molecule has 0 spiro atoms. The van der Waals surface area contributed by atoms with Gasteiger partial charge in [-0.2, -0.15) is 0 Å². The summed E-state index contributed by atoms with van der Waals surface area (Å²) >= 11 is 0. The molecule has 0 atom stereocenters. The first-order valence-corrected chi connectivity index (χ1v) is 6.43. The molecule has 0 unspecified atom stereocenters. The van der Waals surface area contributed by atoms with Crippen molar-refractivity contribution in [2.75, 3.05) is 13.2 Å². The first kappa shape index (κ1) is 14.5. The Balaban J connectivity index is 2.73. The van der Waals surface area contributed by atoms with Crippen LogP contribution in [-0.4, -0.2) is 44.1 Å². The van der Waals surface area contributed by atoms with Crippen LogP contribution in [0, 0.1) is 0 Å². The molecule has 0 saturated heterocycles. The smallest absolute Gasteiger partial charge is 0.335 e. The number of fused-ring (bicyclic) bond motifs is 1. The Morgan fingerprint density at radius 3 is 2.50 bits per heavy atom. The molecule has 2 rings (SSSR count). The first-order valence-electron chi connectivity index (χ1n) is 6.43. The van der Waals surface area contributed by atoms with Crippen molar-refractivity contribution in [3.8, 4) is 0 Å². The van der Waals surface area contributed by atoms with Crippen molar-refractivity contribution < 1.29 is 20.1 Å². The number of aromatic carboxylic acids is 1. The largest absolute Gasteiger partial charge is 0.478 e. The highest BCUT2D eigenvalue weighted by Gasteiger charge is 2.29. The second-order valence-electron chi connectivity index (χ2n) is 5.04. The summed E-state index contributed by atoms with van der Waals surface area (Å²) in [6, 6.07) is 4.66. The monoisotopic (exact) mass is 278 g/mol. The van der Waals surface area contributed by atoms with Gasteiger partial charge in [-0.05, 0) is 25.1 Å². The fourth-order valence-electron chi connectivity index (χ4n) is 2.29. The van der Waals surface area contributed by atoms with E-state index >= 15 is 0 Å². The van der Waals surface area contributed by atoms with E-state index in [1.165, 1.54) is 12.1 Å². The van der Waals surface area contributed by atoms with Gasteiger partial charge in [0.2, 0.25) is 0 Å². The van der Waals surface area contributed by atoms with Crippen LogP contribution in [0.4, 0.5) is 0 Å². The number of imidazole rings is 1. The minimum absolute atomic E-state index is 0.166. The summed E-state index contributed by atoms with van der Waals surface area (Å²) in [6.07, 6.45) is 0.618. The maximum atomic E-state index is 11.0. The molecule has 0 fully saturated rings. The van der Waals surface area contributed by atoms with Crippen LogP contribution < -0.4 is 0 Å². The van der Waals surface area contributed by atoms with Crippen molar-refractivity contribution in [3.05, 3.63) is 29.6 Å². The number of carboxylic acids is 1. The minimum atomic E-state index is -1.01. The molecule has 0 saturated carbocycles. The SMILES string of the molecule is CCc1nc2cc(C(=O)O)ccc2n1C(C)(CO)CO. The lowest BCUT2D eigenvalue weighted by atomic mass is 10.0. The zero-order chi connectivity index (χ0) is 14.9. The van der Waals surface area contributed by atoms with Crippen molar-refractivity contribution >= 4 is 17.0 Å². The highest BCUT2D eigenvalue weighted by molar-refractivity contribution is 5.92.